The summed E-state index contributed by atoms with van der Waals surface area (Å²) >= 11 is 5.68. The zero-order valence-electron chi connectivity index (χ0n) is 26.8. The highest BCUT2D eigenvalue weighted by atomic mass is 32.1. The molecule has 0 heterocycles. The minimum absolute atomic E-state index is 0.00729. The molecule has 2 aromatic carbocycles. The molecule has 0 spiro atoms. The molecule has 1 saturated carbocycles. The lowest BCUT2D eigenvalue weighted by atomic mass is 9.49. The molecule has 4 atom stereocenters. The summed E-state index contributed by atoms with van der Waals surface area (Å²) in [5.74, 6) is -0.599. The van der Waals surface area contributed by atoms with Crippen molar-refractivity contribution in [3.05, 3.63) is 64.7 Å². The Labute approximate surface area is 266 Å². The SMILES string of the molecule is CCOP(=O)(OCC)C(NC(=S)NC(=O)[C@]1(C)CCC[C@]2(C)c3ccc(C(C)C)cc3/C(=N\O)C[C@@H]12)c1ccccc1OC. The number of carbonyl (C=O) groups is 1. The second-order valence-corrected chi connectivity index (χ2v) is 14.9. The van der Waals surface area contributed by atoms with Gasteiger partial charge in [0.1, 0.15) is 5.75 Å². The summed E-state index contributed by atoms with van der Waals surface area (Å²) < 4.78 is 31.0. The molecular formula is C33H46N3O6PS. The summed E-state index contributed by atoms with van der Waals surface area (Å²) in [6.07, 6.45) is 2.87. The molecule has 0 radical (unpaired) electrons. The lowest BCUT2D eigenvalue weighted by Gasteiger charge is -2.54. The molecule has 2 aliphatic rings. The molecule has 0 aliphatic heterocycles. The fourth-order valence-corrected chi connectivity index (χ4v) is 9.38. The molecule has 1 unspecified atom stereocenters. The van der Waals surface area contributed by atoms with Crippen molar-refractivity contribution in [1.82, 2.24) is 10.6 Å². The van der Waals surface area contributed by atoms with Crippen molar-refractivity contribution < 1.29 is 28.4 Å². The highest BCUT2D eigenvalue weighted by Gasteiger charge is 2.56. The van der Waals surface area contributed by atoms with Gasteiger partial charge in [-0.1, -0.05) is 69.6 Å². The number of hydrogen-bond acceptors (Lipinski definition) is 8. The summed E-state index contributed by atoms with van der Waals surface area (Å²) in [6, 6.07) is 13.5. The Kier molecular flexibility index (Phi) is 10.6. The van der Waals surface area contributed by atoms with E-state index in [9.17, 15) is 14.6 Å². The smallest absolute Gasteiger partial charge is 0.357 e. The van der Waals surface area contributed by atoms with Gasteiger partial charge in [-0.25, -0.2) is 0 Å². The van der Waals surface area contributed by atoms with Crippen LogP contribution in [-0.2, 0) is 23.8 Å². The van der Waals surface area contributed by atoms with Crippen molar-refractivity contribution in [3.63, 3.8) is 0 Å². The lowest BCUT2D eigenvalue weighted by molar-refractivity contribution is -0.136. The number of thiocarbonyl (C=S) groups is 1. The molecule has 0 saturated heterocycles. The molecule has 44 heavy (non-hydrogen) atoms. The minimum Gasteiger partial charge on any atom is -0.496 e. The number of para-hydroxylation sites is 1. The second kappa shape index (κ2) is 13.7. The van der Waals surface area contributed by atoms with Gasteiger partial charge in [0.2, 0.25) is 5.91 Å². The van der Waals surface area contributed by atoms with Gasteiger partial charge in [-0.05, 0) is 85.8 Å². The average Bonchev–Trinajstić information content (AvgIpc) is 2.99. The van der Waals surface area contributed by atoms with Crippen molar-refractivity contribution in [2.75, 3.05) is 20.3 Å². The zero-order valence-corrected chi connectivity index (χ0v) is 28.5. The Balaban J connectivity index is 1.66. The van der Waals surface area contributed by atoms with Crippen LogP contribution in [0.4, 0.5) is 0 Å². The molecule has 0 aromatic heterocycles. The van der Waals surface area contributed by atoms with E-state index in [1.165, 1.54) is 12.7 Å². The second-order valence-electron chi connectivity index (χ2n) is 12.4. The summed E-state index contributed by atoms with van der Waals surface area (Å²) in [7, 11) is -2.28. The Morgan fingerprint density at radius 3 is 2.43 bits per heavy atom. The third-order valence-corrected chi connectivity index (χ3v) is 12.0. The first-order valence-corrected chi connectivity index (χ1v) is 17.4. The van der Waals surface area contributed by atoms with Crippen LogP contribution in [0.25, 0.3) is 0 Å². The third kappa shape index (κ3) is 6.32. The maximum Gasteiger partial charge on any atom is 0.357 e. The van der Waals surface area contributed by atoms with Crippen molar-refractivity contribution >= 4 is 36.5 Å². The summed E-state index contributed by atoms with van der Waals surface area (Å²) in [5, 5.41) is 19.8. The van der Waals surface area contributed by atoms with E-state index in [0.717, 1.165) is 24.0 Å². The van der Waals surface area contributed by atoms with E-state index in [2.05, 4.69) is 54.8 Å². The molecule has 2 aromatic rings. The summed E-state index contributed by atoms with van der Waals surface area (Å²) in [4.78, 5) is 14.2. The number of ether oxygens (including phenoxy) is 1. The van der Waals surface area contributed by atoms with Gasteiger partial charge in [0.15, 0.2) is 10.9 Å². The van der Waals surface area contributed by atoms with Gasteiger partial charge in [0, 0.05) is 11.1 Å². The number of hydrogen-bond donors (Lipinski definition) is 3. The van der Waals surface area contributed by atoms with Crippen LogP contribution in [0, 0.1) is 11.3 Å². The number of nitrogens with one attached hydrogen (secondary N) is 2. The van der Waals surface area contributed by atoms with Gasteiger partial charge in [-0.15, -0.1) is 0 Å². The molecular weight excluding hydrogens is 597 g/mol. The van der Waals surface area contributed by atoms with Gasteiger partial charge in [-0.3, -0.25) is 9.36 Å². The van der Waals surface area contributed by atoms with Gasteiger partial charge in [-0.2, -0.15) is 0 Å². The van der Waals surface area contributed by atoms with E-state index in [0.29, 0.717) is 35.8 Å². The predicted molar refractivity (Wildman–Crippen MR) is 177 cm³/mol. The Bertz CT molecular complexity index is 1450. The Morgan fingerprint density at radius 2 is 1.82 bits per heavy atom. The first-order valence-electron chi connectivity index (χ1n) is 15.4. The van der Waals surface area contributed by atoms with Gasteiger partial charge >= 0.3 is 7.60 Å². The number of oxime groups is 1. The van der Waals surface area contributed by atoms with Gasteiger partial charge in [0.05, 0.1) is 31.5 Å². The quantitative estimate of drug-likeness (QED) is 0.106. The van der Waals surface area contributed by atoms with Crippen LogP contribution in [0.2, 0.25) is 0 Å². The highest BCUT2D eigenvalue weighted by Crippen LogP contribution is 2.61. The van der Waals surface area contributed by atoms with Crippen LogP contribution >= 0.6 is 19.8 Å². The van der Waals surface area contributed by atoms with Crippen molar-refractivity contribution in [2.45, 2.75) is 84.3 Å². The van der Waals surface area contributed by atoms with Crippen molar-refractivity contribution in [3.8, 4) is 5.75 Å². The number of methoxy groups -OCH3 is 1. The van der Waals surface area contributed by atoms with Crippen LogP contribution in [0.1, 0.15) is 101 Å². The number of carbonyl (C=O) groups excluding carboxylic acids is 1. The van der Waals surface area contributed by atoms with E-state index in [1.807, 2.05) is 13.0 Å². The maximum absolute atomic E-state index is 14.2. The first kappa shape index (κ1) is 34.1. The molecule has 1 fully saturated rings. The van der Waals surface area contributed by atoms with E-state index in [-0.39, 0.29) is 35.6 Å². The molecule has 0 bridgehead atoms. The van der Waals surface area contributed by atoms with Crippen LogP contribution in [0.3, 0.4) is 0 Å². The van der Waals surface area contributed by atoms with Gasteiger partial charge in [0.25, 0.3) is 0 Å². The molecule has 240 valence electrons. The Morgan fingerprint density at radius 1 is 1.14 bits per heavy atom. The van der Waals surface area contributed by atoms with E-state index >= 15 is 0 Å². The monoisotopic (exact) mass is 643 g/mol. The van der Waals surface area contributed by atoms with E-state index < -0.39 is 18.8 Å². The molecule has 11 heteroatoms. The number of rotatable bonds is 10. The lowest BCUT2D eigenvalue weighted by Crippen LogP contribution is -2.58. The normalized spacial score (nSPS) is 24.7. The van der Waals surface area contributed by atoms with Crippen molar-refractivity contribution in [1.29, 1.82) is 0 Å². The summed E-state index contributed by atoms with van der Waals surface area (Å²) in [5.41, 5.74) is 3.24. The van der Waals surface area contributed by atoms with Gasteiger partial charge < -0.3 is 29.6 Å². The Hall–Kier alpha value is -2.78. The number of amides is 1. The predicted octanol–water partition coefficient (Wildman–Crippen LogP) is 7.42. The van der Waals surface area contributed by atoms with Crippen LogP contribution in [-0.4, -0.2) is 42.3 Å². The minimum atomic E-state index is -3.81. The standard InChI is InChI=1S/C33H46N3O6PS/c1-8-41-43(39,42-9-2)29(23-13-10-11-14-27(23)40-7)34-31(44)35-30(37)33(6)18-12-17-32(5)25-16-15-22(21(3)4)19-24(25)26(36-38)20-28(32)33/h10-11,13-16,19,21,28-29,38H,8-9,12,17-18,20H2,1-7H3,(H2,34,35,37,44)/b36-26-/t28-,29?,32-,33-/m1/s1. The third-order valence-electron chi connectivity index (χ3n) is 9.47. The fourth-order valence-electron chi connectivity index (χ4n) is 7.15. The van der Waals surface area contributed by atoms with E-state index in [1.54, 1.807) is 32.0 Å². The highest BCUT2D eigenvalue weighted by molar-refractivity contribution is 7.80. The maximum atomic E-state index is 14.2. The molecule has 9 nitrogen and oxygen atoms in total. The fraction of sp³-hybridized carbons (Fsp3) is 0.545. The molecule has 3 N–H and O–H groups in total. The average molecular weight is 644 g/mol. The van der Waals surface area contributed by atoms with Crippen LogP contribution < -0.4 is 15.4 Å². The number of nitrogens with zero attached hydrogens (tertiary/aromatic N) is 1. The topological polar surface area (TPSA) is 118 Å². The summed E-state index contributed by atoms with van der Waals surface area (Å²) in [6.45, 7) is 12.3. The molecule has 2 aliphatic carbocycles. The van der Waals surface area contributed by atoms with E-state index in [4.69, 9.17) is 26.0 Å². The first-order chi connectivity index (χ1) is 20.9. The largest absolute Gasteiger partial charge is 0.496 e. The van der Waals surface area contributed by atoms with Crippen LogP contribution in [0.5, 0.6) is 5.75 Å². The van der Waals surface area contributed by atoms with Crippen LogP contribution in [0.15, 0.2) is 47.6 Å². The number of fused-ring (bicyclic) bond motifs is 3. The number of benzene rings is 2. The molecule has 1 amide bonds. The molecule has 4 rings (SSSR count). The zero-order chi connectivity index (χ0) is 32.3. The van der Waals surface area contributed by atoms with Crippen molar-refractivity contribution in [2.24, 2.45) is 16.5 Å².